The van der Waals surface area contributed by atoms with Gasteiger partial charge >= 0.3 is 0 Å². The van der Waals surface area contributed by atoms with Gasteiger partial charge in [0.25, 0.3) is 0 Å². The molecule has 1 aliphatic rings. The maximum atomic E-state index is 12.7. The standard InChI is InChI=1S/C20H27N5O.HI/c1-2-21-20(22-11-15-24-12-5-6-13-24)23-16-19(26)25-14-7-9-17-8-3-4-10-18(17)25;/h3-6,8,10,12-13H,2,7,9,11,14-16H2,1H3,(H2,21,22,23);1H. The number of aliphatic imine (C=N–C) groups is 1. The molecule has 0 radical (unpaired) electrons. The molecule has 1 aromatic heterocycles. The number of aromatic nitrogens is 1. The van der Waals surface area contributed by atoms with Crippen LogP contribution in [0.25, 0.3) is 0 Å². The molecule has 146 valence electrons. The summed E-state index contributed by atoms with van der Waals surface area (Å²) < 4.78 is 2.10. The van der Waals surface area contributed by atoms with E-state index in [0.29, 0.717) is 5.96 Å². The highest BCUT2D eigenvalue weighted by atomic mass is 127. The van der Waals surface area contributed by atoms with E-state index in [4.69, 9.17) is 0 Å². The van der Waals surface area contributed by atoms with Crippen molar-refractivity contribution in [2.75, 3.05) is 31.1 Å². The molecule has 2 heterocycles. The van der Waals surface area contributed by atoms with Crippen LogP contribution in [0.2, 0.25) is 0 Å². The topological polar surface area (TPSA) is 61.7 Å². The molecule has 0 spiro atoms. The summed E-state index contributed by atoms with van der Waals surface area (Å²) in [5.41, 5.74) is 2.28. The van der Waals surface area contributed by atoms with Gasteiger partial charge in [0.2, 0.25) is 5.91 Å². The molecular weight excluding hydrogens is 453 g/mol. The van der Waals surface area contributed by atoms with E-state index in [1.165, 1.54) is 5.56 Å². The normalized spacial score (nSPS) is 13.5. The van der Waals surface area contributed by atoms with E-state index in [0.717, 1.165) is 44.7 Å². The average molecular weight is 481 g/mol. The van der Waals surface area contributed by atoms with Crippen molar-refractivity contribution in [2.45, 2.75) is 26.3 Å². The molecule has 7 heteroatoms. The molecule has 0 fully saturated rings. The van der Waals surface area contributed by atoms with Gasteiger partial charge in [0, 0.05) is 44.3 Å². The number of halogens is 1. The number of anilines is 1. The second-order valence-corrected chi connectivity index (χ2v) is 6.32. The molecule has 27 heavy (non-hydrogen) atoms. The number of rotatable bonds is 6. The van der Waals surface area contributed by atoms with Gasteiger partial charge in [0.05, 0.1) is 0 Å². The number of guanidine groups is 1. The lowest BCUT2D eigenvalue weighted by atomic mass is 10.0. The van der Waals surface area contributed by atoms with Gasteiger partial charge in [-0.15, -0.1) is 24.0 Å². The Bertz CT molecular complexity index is 745. The second kappa shape index (κ2) is 11.0. The lowest BCUT2D eigenvalue weighted by Gasteiger charge is -2.29. The Hall–Kier alpha value is -2.03. The Balaban J connectivity index is 0.00000261. The predicted molar refractivity (Wildman–Crippen MR) is 121 cm³/mol. The van der Waals surface area contributed by atoms with E-state index in [-0.39, 0.29) is 36.4 Å². The second-order valence-electron chi connectivity index (χ2n) is 6.32. The monoisotopic (exact) mass is 481 g/mol. The SMILES string of the molecule is CCNC(=NCC(=O)N1CCCc2ccccc21)NCCn1cccc1.I. The van der Waals surface area contributed by atoms with Crippen LogP contribution in [0.3, 0.4) is 0 Å². The van der Waals surface area contributed by atoms with Crippen LogP contribution < -0.4 is 15.5 Å². The minimum absolute atomic E-state index is 0. The molecule has 1 amide bonds. The first kappa shape index (κ1) is 21.3. The number of carbonyl (C=O) groups excluding carboxylic acids is 1. The first-order valence-corrected chi connectivity index (χ1v) is 9.29. The largest absolute Gasteiger partial charge is 0.357 e. The maximum absolute atomic E-state index is 12.7. The molecule has 0 bridgehead atoms. The third kappa shape index (κ3) is 5.98. The zero-order valence-electron chi connectivity index (χ0n) is 15.7. The van der Waals surface area contributed by atoms with Crippen molar-refractivity contribution in [1.29, 1.82) is 0 Å². The smallest absolute Gasteiger partial charge is 0.248 e. The van der Waals surface area contributed by atoms with E-state index < -0.39 is 0 Å². The highest BCUT2D eigenvalue weighted by Gasteiger charge is 2.21. The van der Waals surface area contributed by atoms with Crippen molar-refractivity contribution in [2.24, 2.45) is 4.99 Å². The van der Waals surface area contributed by atoms with Crippen LogP contribution in [0, 0.1) is 0 Å². The molecular formula is C20H28IN5O. The highest BCUT2D eigenvalue weighted by Crippen LogP contribution is 2.26. The van der Waals surface area contributed by atoms with Gasteiger partial charge in [0.1, 0.15) is 6.54 Å². The van der Waals surface area contributed by atoms with Crippen molar-refractivity contribution in [1.82, 2.24) is 15.2 Å². The van der Waals surface area contributed by atoms with Gasteiger partial charge in [-0.05, 0) is 43.5 Å². The van der Waals surface area contributed by atoms with Crippen LogP contribution in [0.15, 0.2) is 53.8 Å². The number of aryl methyl sites for hydroxylation is 1. The lowest BCUT2D eigenvalue weighted by Crippen LogP contribution is -2.41. The Kier molecular flexibility index (Phi) is 8.63. The zero-order chi connectivity index (χ0) is 18.2. The Morgan fingerprint density at radius 2 is 1.93 bits per heavy atom. The number of nitrogens with one attached hydrogen (secondary N) is 2. The summed E-state index contributed by atoms with van der Waals surface area (Å²) in [4.78, 5) is 19.0. The third-order valence-corrected chi connectivity index (χ3v) is 4.46. The van der Waals surface area contributed by atoms with Gasteiger partial charge in [-0.3, -0.25) is 4.79 Å². The summed E-state index contributed by atoms with van der Waals surface area (Å²) in [6.45, 7) is 5.30. The van der Waals surface area contributed by atoms with Crippen molar-refractivity contribution < 1.29 is 4.79 Å². The van der Waals surface area contributed by atoms with Gasteiger partial charge in [-0.25, -0.2) is 4.99 Å². The van der Waals surface area contributed by atoms with Crippen LogP contribution >= 0.6 is 24.0 Å². The number of benzene rings is 1. The van der Waals surface area contributed by atoms with Crippen LogP contribution in [-0.2, 0) is 17.8 Å². The molecule has 2 N–H and O–H groups in total. The summed E-state index contributed by atoms with van der Waals surface area (Å²) in [5, 5.41) is 6.48. The minimum atomic E-state index is 0. The highest BCUT2D eigenvalue weighted by molar-refractivity contribution is 14.0. The first-order valence-electron chi connectivity index (χ1n) is 9.29. The third-order valence-electron chi connectivity index (χ3n) is 4.46. The number of nitrogens with zero attached hydrogens (tertiary/aromatic N) is 3. The summed E-state index contributed by atoms with van der Waals surface area (Å²) >= 11 is 0. The first-order chi connectivity index (χ1) is 12.8. The van der Waals surface area contributed by atoms with Crippen LogP contribution in [0.4, 0.5) is 5.69 Å². The van der Waals surface area contributed by atoms with Gasteiger partial charge < -0.3 is 20.1 Å². The molecule has 0 saturated carbocycles. The fourth-order valence-electron chi connectivity index (χ4n) is 3.19. The number of amides is 1. The van der Waals surface area contributed by atoms with E-state index in [1.54, 1.807) is 0 Å². The van der Waals surface area contributed by atoms with E-state index in [2.05, 4.69) is 26.3 Å². The molecule has 0 atom stereocenters. The fourth-order valence-corrected chi connectivity index (χ4v) is 3.19. The van der Waals surface area contributed by atoms with Crippen molar-refractivity contribution in [3.63, 3.8) is 0 Å². The Morgan fingerprint density at radius 1 is 1.15 bits per heavy atom. The average Bonchev–Trinajstić information content (AvgIpc) is 3.19. The number of fused-ring (bicyclic) bond motifs is 1. The predicted octanol–water partition coefficient (Wildman–Crippen LogP) is 2.64. The van der Waals surface area contributed by atoms with Crippen molar-refractivity contribution in [3.8, 4) is 0 Å². The van der Waals surface area contributed by atoms with Crippen molar-refractivity contribution in [3.05, 3.63) is 54.4 Å². The van der Waals surface area contributed by atoms with Crippen LogP contribution in [-0.4, -0.2) is 42.6 Å². The van der Waals surface area contributed by atoms with Gasteiger partial charge in [0.15, 0.2) is 5.96 Å². The maximum Gasteiger partial charge on any atom is 0.248 e. The molecule has 0 saturated heterocycles. The molecule has 3 rings (SSSR count). The molecule has 0 aliphatic carbocycles. The summed E-state index contributed by atoms with van der Waals surface area (Å²) in [7, 11) is 0. The minimum Gasteiger partial charge on any atom is -0.357 e. The number of hydrogen-bond donors (Lipinski definition) is 2. The molecule has 6 nitrogen and oxygen atoms in total. The zero-order valence-corrected chi connectivity index (χ0v) is 18.1. The van der Waals surface area contributed by atoms with Crippen molar-refractivity contribution >= 4 is 41.5 Å². The molecule has 1 aliphatic heterocycles. The van der Waals surface area contributed by atoms with Crippen LogP contribution in [0.1, 0.15) is 18.9 Å². The molecule has 2 aromatic rings. The Morgan fingerprint density at radius 3 is 2.70 bits per heavy atom. The van der Waals surface area contributed by atoms with E-state index >= 15 is 0 Å². The molecule has 0 unspecified atom stereocenters. The quantitative estimate of drug-likeness (QED) is 0.379. The number of hydrogen-bond acceptors (Lipinski definition) is 2. The van der Waals surface area contributed by atoms with Gasteiger partial charge in [-0.2, -0.15) is 0 Å². The molecule has 1 aromatic carbocycles. The Labute approximate surface area is 178 Å². The number of carbonyl (C=O) groups is 1. The summed E-state index contributed by atoms with van der Waals surface area (Å²) in [5.74, 6) is 0.720. The summed E-state index contributed by atoms with van der Waals surface area (Å²) in [6.07, 6.45) is 6.10. The van der Waals surface area contributed by atoms with E-state index in [1.807, 2.05) is 54.5 Å². The van der Waals surface area contributed by atoms with E-state index in [9.17, 15) is 4.79 Å². The lowest BCUT2D eigenvalue weighted by molar-refractivity contribution is -0.117. The fraction of sp³-hybridized carbons (Fsp3) is 0.400. The number of para-hydroxylation sites is 1. The van der Waals surface area contributed by atoms with Crippen LogP contribution in [0.5, 0.6) is 0 Å². The summed E-state index contributed by atoms with van der Waals surface area (Å²) in [6, 6.07) is 12.2. The van der Waals surface area contributed by atoms with Gasteiger partial charge in [-0.1, -0.05) is 18.2 Å².